The van der Waals surface area contributed by atoms with Crippen LogP contribution in [0, 0.1) is 0 Å². The topological polar surface area (TPSA) is 64.6 Å². The van der Waals surface area contributed by atoms with Crippen LogP contribution in [-0.4, -0.2) is 37.8 Å². The number of nitrogens with one attached hydrogen (secondary N) is 2. The van der Waals surface area contributed by atoms with Crippen LogP contribution in [0.1, 0.15) is 17.2 Å². The zero-order valence-corrected chi connectivity index (χ0v) is 11.7. The molecule has 5 heteroatoms. The summed E-state index contributed by atoms with van der Waals surface area (Å²) in [6.07, 6.45) is 1.91. The maximum absolute atomic E-state index is 11.4. The summed E-state index contributed by atoms with van der Waals surface area (Å²) in [5, 5.41) is 15.4. The van der Waals surface area contributed by atoms with Gasteiger partial charge in [-0.05, 0) is 23.6 Å². The van der Waals surface area contributed by atoms with Crippen LogP contribution < -0.4 is 15.5 Å². The van der Waals surface area contributed by atoms with E-state index < -0.39 is 6.10 Å². The fourth-order valence-electron chi connectivity index (χ4n) is 2.33. The van der Waals surface area contributed by atoms with Gasteiger partial charge >= 0.3 is 6.03 Å². The number of benzene rings is 1. The summed E-state index contributed by atoms with van der Waals surface area (Å²) >= 11 is 0. The molecular weight excluding hydrogens is 254 g/mol. The van der Waals surface area contributed by atoms with Crippen molar-refractivity contribution in [2.45, 2.75) is 12.5 Å². The van der Waals surface area contributed by atoms with Crippen LogP contribution in [0.5, 0.6) is 0 Å². The van der Waals surface area contributed by atoms with Crippen molar-refractivity contribution in [3.8, 4) is 0 Å². The van der Waals surface area contributed by atoms with Gasteiger partial charge in [0.25, 0.3) is 0 Å². The molecular formula is C15H21N3O2. The quantitative estimate of drug-likeness (QED) is 0.707. The third-order valence-corrected chi connectivity index (χ3v) is 3.48. The third-order valence-electron chi connectivity index (χ3n) is 3.48. The average Bonchev–Trinajstić information content (AvgIpc) is 2.83. The van der Waals surface area contributed by atoms with Gasteiger partial charge in [0.1, 0.15) is 0 Å². The molecule has 1 unspecified atom stereocenters. The average molecular weight is 275 g/mol. The van der Waals surface area contributed by atoms with E-state index in [1.54, 1.807) is 6.08 Å². The van der Waals surface area contributed by atoms with E-state index in [9.17, 15) is 9.90 Å². The summed E-state index contributed by atoms with van der Waals surface area (Å²) in [7, 11) is 2.06. The van der Waals surface area contributed by atoms with E-state index in [1.165, 1.54) is 11.3 Å². The number of anilines is 1. The lowest BCUT2D eigenvalue weighted by Crippen LogP contribution is -2.37. The molecule has 0 bridgehead atoms. The molecule has 0 saturated heterocycles. The molecule has 1 heterocycles. The summed E-state index contributed by atoms with van der Waals surface area (Å²) in [6.45, 7) is 5.13. The van der Waals surface area contributed by atoms with Gasteiger partial charge in [-0.2, -0.15) is 0 Å². The number of nitrogens with zero attached hydrogens (tertiary/aromatic N) is 1. The van der Waals surface area contributed by atoms with Crippen molar-refractivity contribution in [3.05, 3.63) is 42.0 Å². The number of hydrogen-bond donors (Lipinski definition) is 3. The molecule has 0 saturated carbocycles. The van der Waals surface area contributed by atoms with Gasteiger partial charge in [0.15, 0.2) is 0 Å². The molecule has 20 heavy (non-hydrogen) atoms. The van der Waals surface area contributed by atoms with Gasteiger partial charge in [-0.1, -0.05) is 18.2 Å². The lowest BCUT2D eigenvalue weighted by Gasteiger charge is -2.15. The molecule has 1 aliphatic heterocycles. The highest BCUT2D eigenvalue weighted by Crippen LogP contribution is 2.29. The number of carbonyl (C=O) groups excluding carboxylic acids is 1. The highest BCUT2D eigenvalue weighted by Gasteiger charge is 2.18. The summed E-state index contributed by atoms with van der Waals surface area (Å²) in [4.78, 5) is 13.6. The van der Waals surface area contributed by atoms with Gasteiger partial charge < -0.3 is 20.6 Å². The van der Waals surface area contributed by atoms with Crippen LogP contribution in [0.15, 0.2) is 30.9 Å². The lowest BCUT2D eigenvalue weighted by molar-refractivity contribution is 0.173. The van der Waals surface area contributed by atoms with E-state index in [2.05, 4.69) is 29.2 Å². The van der Waals surface area contributed by atoms with Crippen LogP contribution in [0.3, 0.4) is 0 Å². The standard InChI is InChI=1S/C15H21N3O2/c1-3-7-16-15(20)17-10-14(19)12-4-5-13-11(9-12)6-8-18(13)2/h3-5,9,14,19H,1,6-8,10H2,2H3,(H2,16,17,20). The van der Waals surface area contributed by atoms with Gasteiger partial charge in [-0.3, -0.25) is 0 Å². The third kappa shape index (κ3) is 3.30. The fourth-order valence-corrected chi connectivity index (χ4v) is 2.33. The van der Waals surface area contributed by atoms with Crippen LogP contribution in [0.25, 0.3) is 0 Å². The van der Waals surface area contributed by atoms with Crippen LogP contribution in [0.2, 0.25) is 0 Å². The highest BCUT2D eigenvalue weighted by molar-refractivity contribution is 5.74. The minimum atomic E-state index is -0.694. The van der Waals surface area contributed by atoms with Gasteiger partial charge in [0.2, 0.25) is 0 Å². The molecule has 1 aromatic carbocycles. The number of likely N-dealkylation sites (N-methyl/N-ethyl adjacent to an activating group) is 1. The predicted octanol–water partition coefficient (Wildman–Crippen LogP) is 1.20. The van der Waals surface area contributed by atoms with E-state index in [4.69, 9.17) is 0 Å². The maximum atomic E-state index is 11.4. The molecule has 2 rings (SSSR count). The minimum Gasteiger partial charge on any atom is -0.387 e. The number of aliphatic hydroxyl groups is 1. The summed E-state index contributed by atoms with van der Waals surface area (Å²) in [5.41, 5.74) is 3.31. The molecule has 0 spiro atoms. The Bertz CT molecular complexity index is 502. The van der Waals surface area contributed by atoms with Crippen LogP contribution >= 0.6 is 0 Å². The Labute approximate surface area is 119 Å². The van der Waals surface area contributed by atoms with Crippen LogP contribution in [-0.2, 0) is 6.42 Å². The van der Waals surface area contributed by atoms with Crippen molar-refractivity contribution < 1.29 is 9.90 Å². The Hall–Kier alpha value is -2.01. The first-order valence-corrected chi connectivity index (χ1v) is 6.76. The largest absolute Gasteiger partial charge is 0.387 e. The first-order valence-electron chi connectivity index (χ1n) is 6.76. The van der Waals surface area contributed by atoms with E-state index >= 15 is 0 Å². The van der Waals surface area contributed by atoms with Crippen molar-refractivity contribution in [1.82, 2.24) is 10.6 Å². The minimum absolute atomic E-state index is 0.192. The Morgan fingerprint density at radius 3 is 3.10 bits per heavy atom. The van der Waals surface area contributed by atoms with Gasteiger partial charge in [0, 0.05) is 32.4 Å². The van der Waals surface area contributed by atoms with Crippen molar-refractivity contribution in [1.29, 1.82) is 0 Å². The molecule has 0 fully saturated rings. The Kier molecular flexibility index (Phi) is 4.63. The molecule has 5 nitrogen and oxygen atoms in total. The Balaban J connectivity index is 1.91. The highest BCUT2D eigenvalue weighted by atomic mass is 16.3. The second-order valence-electron chi connectivity index (χ2n) is 4.96. The monoisotopic (exact) mass is 275 g/mol. The Morgan fingerprint density at radius 2 is 2.35 bits per heavy atom. The number of hydrogen-bond acceptors (Lipinski definition) is 3. The molecule has 3 N–H and O–H groups in total. The Morgan fingerprint density at radius 1 is 1.55 bits per heavy atom. The molecule has 0 aliphatic carbocycles. The number of urea groups is 1. The molecule has 1 aromatic rings. The lowest BCUT2D eigenvalue weighted by atomic mass is 10.0. The zero-order chi connectivity index (χ0) is 14.5. The van der Waals surface area contributed by atoms with E-state index in [0.29, 0.717) is 6.54 Å². The molecule has 1 atom stereocenters. The first kappa shape index (κ1) is 14.4. The van der Waals surface area contributed by atoms with Crippen molar-refractivity contribution in [3.63, 3.8) is 0 Å². The molecule has 2 amide bonds. The summed E-state index contributed by atoms with van der Waals surface area (Å²) < 4.78 is 0. The van der Waals surface area contributed by atoms with Crippen molar-refractivity contribution >= 4 is 11.7 Å². The smallest absolute Gasteiger partial charge is 0.315 e. The SMILES string of the molecule is C=CCNC(=O)NCC(O)c1ccc2c(c1)CCN2C. The van der Waals surface area contributed by atoms with E-state index in [1.807, 2.05) is 18.2 Å². The first-order chi connectivity index (χ1) is 9.61. The van der Waals surface area contributed by atoms with Gasteiger partial charge in [0.05, 0.1) is 6.10 Å². The van der Waals surface area contributed by atoms with Crippen molar-refractivity contribution in [2.24, 2.45) is 0 Å². The number of carbonyl (C=O) groups is 1. The van der Waals surface area contributed by atoms with Crippen molar-refractivity contribution in [2.75, 3.05) is 31.6 Å². The number of fused-ring (bicyclic) bond motifs is 1. The number of amides is 2. The molecule has 0 aromatic heterocycles. The molecule has 1 aliphatic rings. The second kappa shape index (κ2) is 6.43. The number of aliphatic hydroxyl groups excluding tert-OH is 1. The van der Waals surface area contributed by atoms with E-state index in [-0.39, 0.29) is 12.6 Å². The normalized spacial score (nSPS) is 14.6. The second-order valence-corrected chi connectivity index (χ2v) is 4.96. The zero-order valence-electron chi connectivity index (χ0n) is 11.7. The predicted molar refractivity (Wildman–Crippen MR) is 80.0 cm³/mol. The summed E-state index contributed by atoms with van der Waals surface area (Å²) in [5.74, 6) is 0. The fraction of sp³-hybridized carbons (Fsp3) is 0.400. The molecule has 108 valence electrons. The van der Waals surface area contributed by atoms with Crippen LogP contribution in [0.4, 0.5) is 10.5 Å². The number of rotatable bonds is 5. The van der Waals surface area contributed by atoms with Gasteiger partial charge in [-0.15, -0.1) is 6.58 Å². The van der Waals surface area contributed by atoms with E-state index in [0.717, 1.165) is 18.5 Å². The summed E-state index contributed by atoms with van der Waals surface area (Å²) in [6, 6.07) is 5.66. The maximum Gasteiger partial charge on any atom is 0.315 e. The van der Waals surface area contributed by atoms with Gasteiger partial charge in [-0.25, -0.2) is 4.79 Å². The molecule has 0 radical (unpaired) electrons.